The number of nitrogens with one attached hydrogen (secondary N) is 2. The van der Waals surface area contributed by atoms with Crippen molar-refractivity contribution < 1.29 is 14.0 Å². The van der Waals surface area contributed by atoms with Crippen LogP contribution in [0.2, 0.25) is 0 Å². The van der Waals surface area contributed by atoms with Crippen LogP contribution in [0.3, 0.4) is 0 Å². The third kappa shape index (κ3) is 6.29. The van der Waals surface area contributed by atoms with Gasteiger partial charge in [-0.25, -0.2) is 4.39 Å². The van der Waals surface area contributed by atoms with Gasteiger partial charge in [-0.15, -0.1) is 0 Å². The molecule has 2 N–H and O–H groups in total. The minimum absolute atomic E-state index is 0.181. The van der Waals surface area contributed by atoms with Gasteiger partial charge in [-0.05, 0) is 48.9 Å². The van der Waals surface area contributed by atoms with Gasteiger partial charge in [0.1, 0.15) is 5.82 Å². The zero-order valence-electron chi connectivity index (χ0n) is 16.7. The Bertz CT molecular complexity index is 816. The Morgan fingerprint density at radius 1 is 0.862 bits per heavy atom. The van der Waals surface area contributed by atoms with Crippen molar-refractivity contribution in [3.05, 3.63) is 65.5 Å². The molecule has 154 valence electrons. The summed E-state index contributed by atoms with van der Waals surface area (Å²) in [6.07, 6.45) is 0.653. The number of anilines is 1. The number of nitrogens with zero attached hydrogens (tertiary/aromatic N) is 2. The number of rotatable bonds is 6. The van der Waals surface area contributed by atoms with Crippen molar-refractivity contribution >= 4 is 17.5 Å². The molecule has 6 nitrogen and oxygen atoms in total. The van der Waals surface area contributed by atoms with Crippen LogP contribution < -0.4 is 15.5 Å². The second-order valence-electron chi connectivity index (χ2n) is 7.27. The monoisotopic (exact) mass is 398 g/mol. The van der Waals surface area contributed by atoms with Gasteiger partial charge in [-0.3, -0.25) is 9.59 Å². The Hall–Kier alpha value is -2.93. The van der Waals surface area contributed by atoms with Crippen molar-refractivity contribution in [2.45, 2.75) is 13.0 Å². The third-order valence-electron chi connectivity index (χ3n) is 5.08. The summed E-state index contributed by atoms with van der Waals surface area (Å²) < 4.78 is 12.9. The van der Waals surface area contributed by atoms with E-state index in [1.807, 2.05) is 0 Å². The minimum atomic E-state index is -0.695. The quantitative estimate of drug-likeness (QED) is 0.725. The van der Waals surface area contributed by atoms with Crippen LogP contribution in [-0.2, 0) is 22.6 Å². The van der Waals surface area contributed by atoms with Crippen molar-refractivity contribution in [3.8, 4) is 0 Å². The first kappa shape index (κ1) is 20.8. The van der Waals surface area contributed by atoms with Crippen LogP contribution >= 0.6 is 0 Å². The number of carbonyl (C=O) groups excluding carboxylic acids is 2. The molecule has 1 saturated heterocycles. The lowest BCUT2D eigenvalue weighted by molar-refractivity contribution is -0.139. The Balaban J connectivity index is 1.38. The molecule has 2 aromatic rings. The number of likely N-dealkylation sites (N-methyl/N-ethyl adjacent to an activating group) is 1. The molecular weight excluding hydrogens is 371 g/mol. The van der Waals surface area contributed by atoms with Gasteiger partial charge in [0.05, 0.1) is 0 Å². The maximum atomic E-state index is 12.9. The fraction of sp³-hybridized carbons (Fsp3) is 0.364. The second kappa shape index (κ2) is 10.0. The highest BCUT2D eigenvalue weighted by Crippen LogP contribution is 2.17. The first-order valence-corrected chi connectivity index (χ1v) is 9.84. The summed E-state index contributed by atoms with van der Waals surface area (Å²) in [6.45, 7) is 4.75. The summed E-state index contributed by atoms with van der Waals surface area (Å²) in [6, 6.07) is 14.1. The van der Waals surface area contributed by atoms with Gasteiger partial charge < -0.3 is 20.4 Å². The lowest BCUT2D eigenvalue weighted by Crippen LogP contribution is -2.44. The van der Waals surface area contributed by atoms with Crippen molar-refractivity contribution in [1.29, 1.82) is 0 Å². The van der Waals surface area contributed by atoms with Crippen LogP contribution in [-0.4, -0.2) is 56.5 Å². The smallest absolute Gasteiger partial charge is 0.309 e. The van der Waals surface area contributed by atoms with E-state index in [1.54, 1.807) is 12.1 Å². The zero-order chi connectivity index (χ0) is 20.6. The van der Waals surface area contributed by atoms with E-state index in [4.69, 9.17) is 0 Å². The standard InChI is InChI=1S/C22H27FN4O2/c1-26-12-14-27(15-13-26)20-8-4-17(5-9-20)10-11-24-21(28)22(29)25-16-18-2-6-19(23)7-3-18/h2-9H,10-16H2,1H3,(H,24,28)(H,25,29). The summed E-state index contributed by atoms with van der Waals surface area (Å²) >= 11 is 0. The maximum absolute atomic E-state index is 12.9. The van der Waals surface area contributed by atoms with Crippen molar-refractivity contribution in [1.82, 2.24) is 15.5 Å². The molecule has 3 rings (SSSR count). The van der Waals surface area contributed by atoms with Crippen molar-refractivity contribution in [2.75, 3.05) is 44.7 Å². The van der Waals surface area contributed by atoms with Gasteiger partial charge in [0, 0.05) is 45.0 Å². The van der Waals surface area contributed by atoms with Crippen LogP contribution in [0.25, 0.3) is 0 Å². The molecule has 0 unspecified atom stereocenters. The van der Waals surface area contributed by atoms with Crippen LogP contribution in [0.4, 0.5) is 10.1 Å². The molecule has 2 amide bonds. The summed E-state index contributed by atoms with van der Waals surface area (Å²) in [4.78, 5) is 28.5. The van der Waals surface area contributed by atoms with E-state index in [1.165, 1.54) is 17.8 Å². The number of hydrogen-bond donors (Lipinski definition) is 2. The van der Waals surface area contributed by atoms with E-state index in [2.05, 4.69) is 51.7 Å². The first-order valence-electron chi connectivity index (χ1n) is 9.84. The number of hydrogen-bond acceptors (Lipinski definition) is 4. The molecule has 0 aromatic heterocycles. The molecular formula is C22H27FN4O2. The Morgan fingerprint density at radius 2 is 1.45 bits per heavy atom. The molecule has 1 heterocycles. The third-order valence-corrected chi connectivity index (χ3v) is 5.08. The molecule has 2 aromatic carbocycles. The van der Waals surface area contributed by atoms with Crippen LogP contribution in [0.15, 0.2) is 48.5 Å². The van der Waals surface area contributed by atoms with E-state index in [9.17, 15) is 14.0 Å². The van der Waals surface area contributed by atoms with Gasteiger partial charge in [0.2, 0.25) is 0 Å². The molecule has 1 aliphatic rings. The molecule has 0 spiro atoms. The van der Waals surface area contributed by atoms with E-state index < -0.39 is 11.8 Å². The molecule has 0 bridgehead atoms. The first-order chi connectivity index (χ1) is 14.0. The number of amides is 2. The molecule has 0 aliphatic carbocycles. The summed E-state index contributed by atoms with van der Waals surface area (Å²) in [5.74, 6) is -1.70. The van der Waals surface area contributed by atoms with Gasteiger partial charge in [0.25, 0.3) is 0 Å². The molecule has 0 saturated carbocycles. The highest BCUT2D eigenvalue weighted by molar-refractivity contribution is 6.35. The fourth-order valence-corrected chi connectivity index (χ4v) is 3.20. The molecule has 1 aliphatic heterocycles. The number of carbonyl (C=O) groups is 2. The molecule has 0 atom stereocenters. The normalized spacial score (nSPS) is 14.5. The van der Waals surface area contributed by atoms with Crippen LogP contribution in [0.1, 0.15) is 11.1 Å². The van der Waals surface area contributed by atoms with Gasteiger partial charge in [-0.1, -0.05) is 24.3 Å². The Kier molecular flexibility index (Phi) is 7.19. The number of piperazine rings is 1. The highest BCUT2D eigenvalue weighted by atomic mass is 19.1. The van der Waals surface area contributed by atoms with E-state index in [0.29, 0.717) is 13.0 Å². The number of halogens is 1. The van der Waals surface area contributed by atoms with E-state index in [0.717, 1.165) is 37.3 Å². The van der Waals surface area contributed by atoms with Gasteiger partial charge >= 0.3 is 11.8 Å². The van der Waals surface area contributed by atoms with Crippen molar-refractivity contribution in [2.24, 2.45) is 0 Å². The Morgan fingerprint density at radius 3 is 2.10 bits per heavy atom. The highest BCUT2D eigenvalue weighted by Gasteiger charge is 2.14. The lowest BCUT2D eigenvalue weighted by Gasteiger charge is -2.34. The predicted octanol–water partition coefficient (Wildman–Crippen LogP) is 1.55. The fourth-order valence-electron chi connectivity index (χ4n) is 3.20. The van der Waals surface area contributed by atoms with E-state index >= 15 is 0 Å². The maximum Gasteiger partial charge on any atom is 0.309 e. The lowest BCUT2D eigenvalue weighted by atomic mass is 10.1. The summed E-state index contributed by atoms with van der Waals surface area (Å²) in [7, 11) is 2.14. The zero-order valence-corrected chi connectivity index (χ0v) is 16.7. The minimum Gasteiger partial charge on any atom is -0.369 e. The largest absolute Gasteiger partial charge is 0.369 e. The van der Waals surface area contributed by atoms with Gasteiger partial charge in [-0.2, -0.15) is 0 Å². The van der Waals surface area contributed by atoms with Crippen LogP contribution in [0.5, 0.6) is 0 Å². The summed E-state index contributed by atoms with van der Waals surface area (Å²) in [5, 5.41) is 5.16. The molecule has 29 heavy (non-hydrogen) atoms. The molecule has 1 fully saturated rings. The second-order valence-corrected chi connectivity index (χ2v) is 7.27. The topological polar surface area (TPSA) is 64.7 Å². The van der Waals surface area contributed by atoms with Crippen molar-refractivity contribution in [3.63, 3.8) is 0 Å². The average molecular weight is 398 g/mol. The van der Waals surface area contributed by atoms with Gasteiger partial charge in [0.15, 0.2) is 0 Å². The summed E-state index contributed by atoms with van der Waals surface area (Å²) in [5.41, 5.74) is 3.05. The number of benzene rings is 2. The Labute approximate surface area is 170 Å². The predicted molar refractivity (Wildman–Crippen MR) is 111 cm³/mol. The average Bonchev–Trinajstić information content (AvgIpc) is 2.74. The van der Waals surface area contributed by atoms with E-state index in [-0.39, 0.29) is 12.4 Å². The van der Waals surface area contributed by atoms with Crippen LogP contribution in [0, 0.1) is 5.82 Å². The molecule has 0 radical (unpaired) electrons. The SMILES string of the molecule is CN1CCN(c2ccc(CCNC(=O)C(=O)NCc3ccc(F)cc3)cc2)CC1. The molecule has 7 heteroatoms.